The van der Waals surface area contributed by atoms with E-state index in [-0.39, 0.29) is 18.2 Å². The van der Waals surface area contributed by atoms with Gasteiger partial charge in [0.1, 0.15) is 0 Å². The Balaban J connectivity index is 2.68. The second kappa shape index (κ2) is 6.99. The normalized spacial score (nSPS) is 14.3. The Kier molecular flexibility index (Phi) is 5.76. The summed E-state index contributed by atoms with van der Waals surface area (Å²) in [6.45, 7) is 4.84. The molecule has 0 aliphatic rings. The lowest BCUT2D eigenvalue weighted by Gasteiger charge is -2.27. The fourth-order valence-corrected chi connectivity index (χ4v) is 1.50. The number of amides is 2. The standard InChI is InChI=1S/C15H19F3N2O3/c1-9(2)14(3,23)8-19-12(21)13(22)20-11-6-4-5-10(7-11)15(16,17)18/h4-7,9,23H,8H2,1-3H3,(H,19,21)(H,20,22). The minimum Gasteiger partial charge on any atom is -0.388 e. The third kappa shape index (κ3) is 5.55. The van der Waals surface area contributed by atoms with Crippen LogP contribution < -0.4 is 10.6 Å². The molecular formula is C15H19F3N2O3. The molecule has 128 valence electrons. The molecule has 1 atom stereocenters. The second-order valence-electron chi connectivity index (χ2n) is 5.73. The van der Waals surface area contributed by atoms with E-state index in [1.165, 1.54) is 13.0 Å². The maximum absolute atomic E-state index is 12.6. The highest BCUT2D eigenvalue weighted by Crippen LogP contribution is 2.30. The molecule has 0 aliphatic heterocycles. The van der Waals surface area contributed by atoms with Crippen LogP contribution in [-0.2, 0) is 15.8 Å². The van der Waals surface area contributed by atoms with E-state index in [2.05, 4.69) is 10.6 Å². The fraction of sp³-hybridized carbons (Fsp3) is 0.467. The Labute approximate surface area is 131 Å². The van der Waals surface area contributed by atoms with Gasteiger partial charge in [0.25, 0.3) is 0 Å². The van der Waals surface area contributed by atoms with Crippen LogP contribution in [-0.4, -0.2) is 29.1 Å². The molecule has 0 bridgehead atoms. The number of carbonyl (C=O) groups is 2. The average Bonchev–Trinajstić information content (AvgIpc) is 2.44. The third-order valence-electron chi connectivity index (χ3n) is 3.50. The van der Waals surface area contributed by atoms with Crippen LogP contribution in [0.1, 0.15) is 26.3 Å². The molecule has 0 aliphatic carbocycles. The van der Waals surface area contributed by atoms with Gasteiger partial charge < -0.3 is 15.7 Å². The summed E-state index contributed by atoms with van der Waals surface area (Å²) in [5.74, 6) is -2.30. The predicted molar refractivity (Wildman–Crippen MR) is 78.5 cm³/mol. The minimum atomic E-state index is -4.54. The molecule has 3 N–H and O–H groups in total. The molecule has 0 saturated carbocycles. The number of hydrogen-bond donors (Lipinski definition) is 3. The molecule has 1 rings (SSSR count). The van der Waals surface area contributed by atoms with Crippen molar-refractivity contribution in [1.82, 2.24) is 5.32 Å². The highest BCUT2D eigenvalue weighted by atomic mass is 19.4. The Hall–Kier alpha value is -2.09. The lowest BCUT2D eigenvalue weighted by atomic mass is 9.92. The Morgan fingerprint density at radius 3 is 2.35 bits per heavy atom. The first-order valence-corrected chi connectivity index (χ1v) is 6.92. The number of alkyl halides is 3. The van der Waals surface area contributed by atoms with Gasteiger partial charge >= 0.3 is 18.0 Å². The second-order valence-corrected chi connectivity index (χ2v) is 5.73. The van der Waals surface area contributed by atoms with E-state index in [0.717, 1.165) is 18.2 Å². The molecule has 2 amide bonds. The first kappa shape index (κ1) is 19.0. The van der Waals surface area contributed by atoms with Gasteiger partial charge in [-0.2, -0.15) is 13.2 Å². The van der Waals surface area contributed by atoms with Crippen molar-refractivity contribution in [3.8, 4) is 0 Å². The number of nitrogens with one attached hydrogen (secondary N) is 2. The molecule has 8 heteroatoms. The molecule has 0 heterocycles. The van der Waals surface area contributed by atoms with Gasteiger partial charge in [-0.05, 0) is 31.0 Å². The van der Waals surface area contributed by atoms with Gasteiger partial charge in [0, 0.05) is 12.2 Å². The zero-order chi connectivity index (χ0) is 17.8. The van der Waals surface area contributed by atoms with Gasteiger partial charge in [0.05, 0.1) is 11.2 Å². The molecule has 0 radical (unpaired) electrons. The van der Waals surface area contributed by atoms with Crippen molar-refractivity contribution in [2.75, 3.05) is 11.9 Å². The Bertz CT molecular complexity index is 584. The summed E-state index contributed by atoms with van der Waals surface area (Å²) >= 11 is 0. The van der Waals surface area contributed by atoms with Crippen molar-refractivity contribution < 1.29 is 27.9 Å². The predicted octanol–water partition coefficient (Wildman–Crippen LogP) is 2.17. The molecule has 1 aromatic rings. The molecular weight excluding hydrogens is 313 g/mol. The summed E-state index contributed by atoms with van der Waals surface area (Å²) in [6, 6.07) is 3.95. The van der Waals surface area contributed by atoms with Crippen LogP contribution in [0.3, 0.4) is 0 Å². The van der Waals surface area contributed by atoms with Gasteiger partial charge in [0.15, 0.2) is 0 Å². The highest BCUT2D eigenvalue weighted by molar-refractivity contribution is 6.39. The number of hydrogen-bond acceptors (Lipinski definition) is 3. The summed E-state index contributed by atoms with van der Waals surface area (Å²) in [4.78, 5) is 23.3. The Morgan fingerprint density at radius 2 is 1.83 bits per heavy atom. The first-order chi connectivity index (χ1) is 10.4. The van der Waals surface area contributed by atoms with Crippen LogP contribution in [0.4, 0.5) is 18.9 Å². The van der Waals surface area contributed by atoms with E-state index < -0.39 is 29.2 Å². The highest BCUT2D eigenvalue weighted by Gasteiger charge is 2.31. The van der Waals surface area contributed by atoms with Crippen LogP contribution >= 0.6 is 0 Å². The van der Waals surface area contributed by atoms with Gasteiger partial charge in [-0.15, -0.1) is 0 Å². The van der Waals surface area contributed by atoms with E-state index >= 15 is 0 Å². The maximum atomic E-state index is 12.6. The quantitative estimate of drug-likeness (QED) is 0.740. The molecule has 0 saturated heterocycles. The molecule has 0 aromatic heterocycles. The van der Waals surface area contributed by atoms with Crippen molar-refractivity contribution in [1.29, 1.82) is 0 Å². The average molecular weight is 332 g/mol. The first-order valence-electron chi connectivity index (χ1n) is 6.92. The van der Waals surface area contributed by atoms with Crippen LogP contribution in [0.15, 0.2) is 24.3 Å². The molecule has 0 spiro atoms. The van der Waals surface area contributed by atoms with Gasteiger partial charge in [-0.25, -0.2) is 0 Å². The van der Waals surface area contributed by atoms with Crippen molar-refractivity contribution >= 4 is 17.5 Å². The van der Waals surface area contributed by atoms with Crippen LogP contribution in [0.25, 0.3) is 0 Å². The molecule has 0 fully saturated rings. The number of benzene rings is 1. The van der Waals surface area contributed by atoms with Crippen molar-refractivity contribution in [2.45, 2.75) is 32.5 Å². The number of anilines is 1. The molecule has 1 aromatic carbocycles. The van der Waals surface area contributed by atoms with Gasteiger partial charge in [-0.1, -0.05) is 19.9 Å². The lowest BCUT2D eigenvalue weighted by molar-refractivity contribution is -0.137. The lowest BCUT2D eigenvalue weighted by Crippen LogP contribution is -2.47. The maximum Gasteiger partial charge on any atom is 0.416 e. The fourth-order valence-electron chi connectivity index (χ4n) is 1.50. The Morgan fingerprint density at radius 1 is 1.22 bits per heavy atom. The number of halogens is 3. The summed E-state index contributed by atoms with van der Waals surface area (Å²) in [5.41, 5.74) is -2.28. The summed E-state index contributed by atoms with van der Waals surface area (Å²) in [6.07, 6.45) is -4.54. The number of rotatable bonds is 4. The monoisotopic (exact) mass is 332 g/mol. The van der Waals surface area contributed by atoms with E-state index in [1.54, 1.807) is 13.8 Å². The topological polar surface area (TPSA) is 78.4 Å². The zero-order valence-electron chi connectivity index (χ0n) is 13.0. The minimum absolute atomic E-state index is 0.143. The van der Waals surface area contributed by atoms with E-state index in [4.69, 9.17) is 0 Å². The van der Waals surface area contributed by atoms with Crippen molar-refractivity contribution in [3.63, 3.8) is 0 Å². The van der Waals surface area contributed by atoms with E-state index in [9.17, 15) is 27.9 Å². The third-order valence-corrected chi connectivity index (χ3v) is 3.50. The zero-order valence-corrected chi connectivity index (χ0v) is 13.0. The van der Waals surface area contributed by atoms with Crippen LogP contribution in [0, 0.1) is 5.92 Å². The van der Waals surface area contributed by atoms with Crippen LogP contribution in [0.5, 0.6) is 0 Å². The summed E-state index contributed by atoms with van der Waals surface area (Å²) < 4.78 is 37.7. The summed E-state index contributed by atoms with van der Waals surface area (Å²) in [7, 11) is 0. The van der Waals surface area contributed by atoms with Crippen molar-refractivity contribution in [2.24, 2.45) is 5.92 Å². The summed E-state index contributed by atoms with van der Waals surface area (Å²) in [5, 5.41) is 14.3. The van der Waals surface area contributed by atoms with Gasteiger partial charge in [0.2, 0.25) is 0 Å². The number of aliphatic hydroxyl groups is 1. The smallest absolute Gasteiger partial charge is 0.388 e. The molecule has 1 unspecified atom stereocenters. The van der Waals surface area contributed by atoms with Gasteiger partial charge in [-0.3, -0.25) is 9.59 Å². The largest absolute Gasteiger partial charge is 0.416 e. The van der Waals surface area contributed by atoms with Crippen LogP contribution in [0.2, 0.25) is 0 Å². The SMILES string of the molecule is CC(C)C(C)(O)CNC(=O)C(=O)Nc1cccc(C(F)(F)F)c1. The number of carbonyl (C=O) groups excluding carboxylic acids is 2. The van der Waals surface area contributed by atoms with Crippen molar-refractivity contribution in [3.05, 3.63) is 29.8 Å². The van der Waals surface area contributed by atoms with E-state index in [1.807, 2.05) is 0 Å². The molecule has 23 heavy (non-hydrogen) atoms. The molecule has 5 nitrogen and oxygen atoms in total. The van der Waals surface area contributed by atoms with E-state index in [0.29, 0.717) is 0 Å².